The summed E-state index contributed by atoms with van der Waals surface area (Å²) in [5.74, 6) is -1.12. The average molecular weight is 732 g/mol. The van der Waals surface area contributed by atoms with Crippen molar-refractivity contribution >= 4 is 38.4 Å². The van der Waals surface area contributed by atoms with E-state index in [2.05, 4.69) is 34.6 Å². The first-order valence-corrected chi connectivity index (χ1v) is 17.3. The second-order valence-corrected chi connectivity index (χ2v) is 13.7. The third-order valence-electron chi connectivity index (χ3n) is 7.60. The van der Waals surface area contributed by atoms with Crippen LogP contribution < -0.4 is 22.9 Å². The fraction of sp³-hybridized carbons (Fsp3) is 0.522. The number of aromatic nitrogens is 8. The van der Waals surface area contributed by atoms with Gasteiger partial charge in [0, 0.05) is 12.6 Å². The number of anilines is 2. The Kier molecular flexibility index (Phi) is 9.67. The lowest BCUT2D eigenvalue weighted by atomic mass is 9.97. The zero-order valence-corrected chi connectivity index (χ0v) is 27.0. The van der Waals surface area contributed by atoms with Crippen molar-refractivity contribution in [1.29, 1.82) is 0 Å². The molecule has 0 radical (unpaired) electrons. The Morgan fingerprint density at radius 2 is 1.82 bits per heavy atom. The lowest BCUT2D eigenvalue weighted by Gasteiger charge is -2.23. The lowest BCUT2D eigenvalue weighted by Crippen LogP contribution is -2.30. The van der Waals surface area contributed by atoms with Gasteiger partial charge in [0.05, 0.1) is 37.6 Å². The van der Waals surface area contributed by atoms with Gasteiger partial charge in [-0.15, -0.1) is 0 Å². The number of imidazole rings is 1. The van der Waals surface area contributed by atoms with Crippen LogP contribution in [0, 0.1) is 0 Å². The monoisotopic (exact) mass is 731 g/mol. The summed E-state index contributed by atoms with van der Waals surface area (Å²) in [6.45, 7) is 0.107. The molecule has 2 aliphatic rings. The number of aliphatic hydroxyl groups excluding tert-OH is 1. The van der Waals surface area contributed by atoms with Gasteiger partial charge in [0.1, 0.15) is 42.2 Å². The number of aliphatic hydroxyl groups is 1. The van der Waals surface area contributed by atoms with Crippen LogP contribution in [0.5, 0.6) is 0 Å². The Hall–Kier alpha value is -3.77. The van der Waals surface area contributed by atoms with Crippen LogP contribution in [-0.4, -0.2) is 96.6 Å². The zero-order chi connectivity index (χ0) is 35.2. The topological polar surface area (TPSA) is 357 Å². The van der Waals surface area contributed by atoms with Crippen molar-refractivity contribution in [2.24, 2.45) is 5.73 Å². The number of ether oxygens (including phenoxy) is 2. The van der Waals surface area contributed by atoms with E-state index < -0.39 is 83.4 Å². The number of nitrogens with two attached hydrogens (primary N) is 3. The number of hydrogen-bond acceptors (Lipinski definition) is 19. The van der Waals surface area contributed by atoms with Crippen molar-refractivity contribution in [1.82, 2.24) is 39.2 Å². The molecular weight excluding hydrogens is 700 g/mol. The zero-order valence-electron chi connectivity index (χ0n) is 25.2. The molecule has 2 fully saturated rings. The third kappa shape index (κ3) is 7.55. The summed E-state index contributed by atoms with van der Waals surface area (Å²) in [6.07, 6.45) is -4.30. The maximum Gasteiger partial charge on any atom is 0.472 e. The average Bonchev–Trinajstić information content (AvgIpc) is 3.80. The van der Waals surface area contributed by atoms with E-state index in [1.165, 1.54) is 29.5 Å². The summed E-state index contributed by atoms with van der Waals surface area (Å²) in [7, 11) is -10.1. The van der Waals surface area contributed by atoms with E-state index in [4.69, 9.17) is 40.2 Å². The predicted molar refractivity (Wildman–Crippen MR) is 159 cm³/mol. The van der Waals surface area contributed by atoms with Crippen molar-refractivity contribution in [3.63, 3.8) is 0 Å². The number of nitrogen functional groups attached to an aromatic ring is 2. The highest BCUT2D eigenvalue weighted by Gasteiger charge is 2.50. The molecular formula is C23H31N11O13P2. The first kappa shape index (κ1) is 35.1. The number of phosphoric acid groups is 2. The molecule has 4 aromatic rings. The highest BCUT2D eigenvalue weighted by Crippen LogP contribution is 2.51. The fourth-order valence-corrected chi connectivity index (χ4v) is 6.68. The van der Waals surface area contributed by atoms with Crippen molar-refractivity contribution in [3.05, 3.63) is 47.1 Å². The molecule has 49 heavy (non-hydrogen) atoms. The summed E-state index contributed by atoms with van der Waals surface area (Å²) in [5.41, 5.74) is 16.9. The van der Waals surface area contributed by atoms with Gasteiger partial charge in [0.15, 0.2) is 23.5 Å². The first-order valence-electron chi connectivity index (χ1n) is 14.3. The predicted octanol–water partition coefficient (Wildman–Crippen LogP) is -1.41. The van der Waals surface area contributed by atoms with Gasteiger partial charge in [-0.25, -0.2) is 28.9 Å². The standard InChI is InChI=1S/C23H31N11O13P2/c1-9(24)21-31-19(32-46-21)15-12(45-22(17(15)35)34-8-29-16-18(26)27-7-28-20(16)34)6-43-49(40,41)47-10-4-14(33-3-2-13(25)30-23(33)36)44-11(10)5-42-48(37,38)39/h2-3,7-12,14-15,17,22,35H,4-6,24H2,1H3,(H,40,41)(H2,25,30,36)(H2,26,27,28)(H2,37,38,39)/t9-,10-,11+,12+,14+,15+,17+,22+/m0/s1. The normalized spacial score (nSPS) is 27.8. The number of nitrogens with zero attached hydrogens (tertiary/aromatic N) is 8. The molecule has 4 aromatic heterocycles. The Bertz CT molecular complexity index is 1970. The van der Waals surface area contributed by atoms with Crippen LogP contribution in [0.1, 0.15) is 49.5 Å². The first-order chi connectivity index (χ1) is 23.1. The summed E-state index contributed by atoms with van der Waals surface area (Å²) >= 11 is 0. The van der Waals surface area contributed by atoms with Gasteiger partial charge in [0.25, 0.3) is 0 Å². The minimum absolute atomic E-state index is 0.0461. The fourth-order valence-electron chi connectivity index (χ4n) is 5.37. The largest absolute Gasteiger partial charge is 0.472 e. The van der Waals surface area contributed by atoms with Crippen molar-refractivity contribution in [3.8, 4) is 0 Å². The third-order valence-corrected chi connectivity index (χ3v) is 9.10. The van der Waals surface area contributed by atoms with E-state index in [0.29, 0.717) is 0 Å². The Morgan fingerprint density at radius 3 is 2.51 bits per heavy atom. The minimum Gasteiger partial charge on any atom is -0.388 e. The van der Waals surface area contributed by atoms with Crippen molar-refractivity contribution in [2.45, 2.75) is 62.2 Å². The molecule has 26 heteroatoms. The molecule has 24 nitrogen and oxygen atoms in total. The number of hydrogen-bond donors (Lipinski definition) is 7. The van der Waals surface area contributed by atoms with Crippen LogP contribution in [0.15, 0.2) is 34.2 Å². The van der Waals surface area contributed by atoms with Crippen molar-refractivity contribution < 1.29 is 56.5 Å². The van der Waals surface area contributed by atoms with Gasteiger partial charge in [-0.1, -0.05) is 5.16 Å². The number of phosphoric ester groups is 2. The highest BCUT2D eigenvalue weighted by atomic mass is 31.2. The van der Waals surface area contributed by atoms with E-state index in [0.717, 1.165) is 4.57 Å². The molecule has 2 aliphatic heterocycles. The van der Waals surface area contributed by atoms with Gasteiger partial charge in [-0.3, -0.25) is 22.7 Å². The molecule has 1 unspecified atom stereocenters. The van der Waals surface area contributed by atoms with E-state index in [1.807, 2.05) is 0 Å². The van der Waals surface area contributed by atoms with E-state index in [-0.39, 0.29) is 40.9 Å². The van der Waals surface area contributed by atoms with Gasteiger partial charge in [-0.2, -0.15) is 9.97 Å². The molecule has 9 atom stereocenters. The SMILES string of the molecule is C[C@H](N)c1nc([C@H]2[C@@H](O)[C@H](n3cnc4c(N)ncnc43)O[C@@H]2COP(=O)(O)O[C@H]2C[C@H](n3ccc(N)nc3=O)O[C@@H]2COP(=O)(O)O)no1. The highest BCUT2D eigenvalue weighted by molar-refractivity contribution is 7.47. The quantitative estimate of drug-likeness (QED) is 0.0823. The number of rotatable bonds is 12. The van der Waals surface area contributed by atoms with Gasteiger partial charge < -0.3 is 51.0 Å². The minimum atomic E-state index is -5.06. The summed E-state index contributed by atoms with van der Waals surface area (Å²) < 4.78 is 59.2. The maximum atomic E-state index is 13.3. The lowest BCUT2D eigenvalue weighted by molar-refractivity contribution is -0.0564. The van der Waals surface area contributed by atoms with Crippen LogP contribution in [-0.2, 0) is 32.2 Å². The summed E-state index contributed by atoms with van der Waals surface area (Å²) in [5, 5.41) is 15.4. The molecule has 0 spiro atoms. The molecule has 0 aliphatic carbocycles. The maximum absolute atomic E-state index is 13.3. The second kappa shape index (κ2) is 13.5. The molecule has 0 saturated carbocycles. The van der Waals surface area contributed by atoms with Crippen LogP contribution in [0.3, 0.4) is 0 Å². The van der Waals surface area contributed by atoms with Gasteiger partial charge in [-0.05, 0) is 13.0 Å². The second-order valence-electron chi connectivity index (χ2n) is 11.0. The van der Waals surface area contributed by atoms with Crippen molar-refractivity contribution in [2.75, 3.05) is 24.7 Å². The van der Waals surface area contributed by atoms with E-state index in [1.54, 1.807) is 6.92 Å². The molecule has 0 amide bonds. The molecule has 10 N–H and O–H groups in total. The number of fused-ring (bicyclic) bond motifs is 1. The van der Waals surface area contributed by atoms with Crippen LogP contribution in [0.2, 0.25) is 0 Å². The molecule has 266 valence electrons. The van der Waals surface area contributed by atoms with Crippen LogP contribution >= 0.6 is 15.6 Å². The molecule has 0 bridgehead atoms. The Balaban J connectivity index is 1.22. The Labute approximate surface area is 274 Å². The van der Waals surface area contributed by atoms with E-state index in [9.17, 15) is 33.7 Å². The van der Waals surface area contributed by atoms with Crippen LogP contribution in [0.25, 0.3) is 11.2 Å². The van der Waals surface area contributed by atoms with Crippen LogP contribution in [0.4, 0.5) is 11.6 Å². The Morgan fingerprint density at radius 1 is 1.06 bits per heavy atom. The smallest absolute Gasteiger partial charge is 0.388 e. The molecule has 6 rings (SSSR count). The summed E-state index contributed by atoms with van der Waals surface area (Å²) in [4.78, 5) is 61.7. The van der Waals surface area contributed by atoms with Gasteiger partial charge >= 0.3 is 21.3 Å². The molecule has 2 saturated heterocycles. The molecule has 6 heterocycles. The molecule has 0 aromatic carbocycles. The summed E-state index contributed by atoms with van der Waals surface area (Å²) in [6, 6.07) is 0.643. The van der Waals surface area contributed by atoms with E-state index >= 15 is 0 Å². The van der Waals surface area contributed by atoms with Gasteiger partial charge in [0.2, 0.25) is 5.89 Å².